The molecular weight excluding hydrogens is 463 g/mol. The van der Waals surface area contributed by atoms with Crippen molar-refractivity contribution in [1.29, 1.82) is 0 Å². The third kappa shape index (κ3) is 4.51. The van der Waals surface area contributed by atoms with Crippen LogP contribution in [0.1, 0.15) is 37.3 Å². The van der Waals surface area contributed by atoms with E-state index in [1.807, 2.05) is 30.0 Å². The molecule has 5 rings (SSSR count). The van der Waals surface area contributed by atoms with Gasteiger partial charge in [-0.15, -0.1) is 0 Å². The predicted octanol–water partition coefficient (Wildman–Crippen LogP) is 5.37. The van der Waals surface area contributed by atoms with Gasteiger partial charge in [0.05, 0.1) is 24.3 Å². The Balaban J connectivity index is 1.58. The van der Waals surface area contributed by atoms with E-state index in [2.05, 4.69) is 15.5 Å². The maximum Gasteiger partial charge on any atom is 0.258 e. The van der Waals surface area contributed by atoms with Gasteiger partial charge in [-0.05, 0) is 61.8 Å². The number of hydrogen-bond acceptors (Lipinski definition) is 5. The summed E-state index contributed by atoms with van der Waals surface area (Å²) in [6, 6.07) is 13.2. The molecule has 1 saturated heterocycles. The number of rotatable bonds is 5. The minimum Gasteiger partial charge on any atom is -0.376 e. The summed E-state index contributed by atoms with van der Waals surface area (Å²) in [6.07, 6.45) is 2.11. The summed E-state index contributed by atoms with van der Waals surface area (Å²) in [5, 5.41) is 8.66. The molecule has 0 saturated carbocycles. The van der Waals surface area contributed by atoms with Crippen LogP contribution in [0.2, 0.25) is 5.02 Å². The molecule has 2 aliphatic heterocycles. The van der Waals surface area contributed by atoms with Gasteiger partial charge in [-0.2, -0.15) is 4.98 Å². The van der Waals surface area contributed by atoms with E-state index < -0.39 is 6.04 Å². The second-order valence-electron chi connectivity index (χ2n) is 8.12. The van der Waals surface area contributed by atoms with Crippen LogP contribution >= 0.6 is 23.8 Å². The largest absolute Gasteiger partial charge is 0.376 e. The zero-order valence-corrected chi connectivity index (χ0v) is 19.5. The van der Waals surface area contributed by atoms with E-state index >= 15 is 0 Å². The maximum absolute atomic E-state index is 14.1. The van der Waals surface area contributed by atoms with E-state index in [4.69, 9.17) is 33.1 Å². The number of allylic oxidation sites excluding steroid dienone is 1. The molecule has 1 fully saturated rings. The molecular formula is C24H22ClFN4O2S. The van der Waals surface area contributed by atoms with E-state index in [0.717, 1.165) is 36.3 Å². The van der Waals surface area contributed by atoms with Crippen molar-refractivity contribution in [3.63, 3.8) is 0 Å². The molecule has 33 heavy (non-hydrogen) atoms. The number of nitrogens with zero attached hydrogens (tertiary/aromatic N) is 3. The summed E-state index contributed by atoms with van der Waals surface area (Å²) in [5.41, 5.74) is 3.07. The Morgan fingerprint density at radius 1 is 1.24 bits per heavy atom. The fraction of sp³-hybridized carbons (Fsp3) is 0.292. The van der Waals surface area contributed by atoms with Crippen LogP contribution in [0.25, 0.3) is 17.0 Å². The first-order valence-corrected chi connectivity index (χ1v) is 11.5. The summed E-state index contributed by atoms with van der Waals surface area (Å²) in [7, 11) is 0. The highest BCUT2D eigenvalue weighted by atomic mass is 35.5. The van der Waals surface area contributed by atoms with Crippen molar-refractivity contribution in [2.45, 2.75) is 31.9 Å². The fourth-order valence-electron chi connectivity index (χ4n) is 4.28. The van der Waals surface area contributed by atoms with Gasteiger partial charge in [0.1, 0.15) is 5.82 Å². The Morgan fingerprint density at radius 3 is 2.85 bits per heavy atom. The lowest BCUT2D eigenvalue weighted by atomic mass is 9.94. The van der Waals surface area contributed by atoms with E-state index in [9.17, 15) is 4.39 Å². The molecule has 2 unspecified atom stereocenters. The first-order valence-electron chi connectivity index (χ1n) is 10.8. The van der Waals surface area contributed by atoms with Gasteiger partial charge in [-0.1, -0.05) is 41.0 Å². The third-order valence-corrected chi connectivity index (χ3v) is 6.50. The molecule has 6 nitrogen and oxygen atoms in total. The van der Waals surface area contributed by atoms with Crippen LogP contribution < -0.4 is 5.32 Å². The number of benzene rings is 2. The summed E-state index contributed by atoms with van der Waals surface area (Å²) in [5.74, 6) is 0.429. The lowest BCUT2D eigenvalue weighted by Crippen LogP contribution is -2.48. The third-order valence-electron chi connectivity index (χ3n) is 5.93. The topological polar surface area (TPSA) is 63.4 Å². The standard InChI is InChI=1S/C24H22ClFN4O2S/c1-14-20(23-28-22(29-32-23)16-6-2-7-17(25)11-16)21(15-5-3-8-18(26)12-15)27-24(33)30(14)13-19-9-4-10-31-19/h2-3,5-8,11-12,19,21H,4,9-10,13H2,1H3,(H,27,33). The van der Waals surface area contributed by atoms with Crippen LogP contribution in [0, 0.1) is 5.82 Å². The zero-order valence-electron chi connectivity index (χ0n) is 17.9. The number of aromatic nitrogens is 2. The Labute approximate surface area is 201 Å². The molecule has 1 aromatic heterocycles. The van der Waals surface area contributed by atoms with Crippen LogP contribution in [0.5, 0.6) is 0 Å². The number of ether oxygens (including phenoxy) is 1. The second-order valence-corrected chi connectivity index (χ2v) is 8.94. The molecule has 0 bridgehead atoms. The van der Waals surface area contributed by atoms with Gasteiger partial charge < -0.3 is 19.5 Å². The summed E-state index contributed by atoms with van der Waals surface area (Å²) in [4.78, 5) is 6.66. The minimum absolute atomic E-state index is 0.0939. The molecule has 3 heterocycles. The highest BCUT2D eigenvalue weighted by Crippen LogP contribution is 2.38. The molecule has 3 aromatic rings. The van der Waals surface area contributed by atoms with E-state index in [1.165, 1.54) is 12.1 Å². The van der Waals surface area contributed by atoms with Crippen molar-refractivity contribution < 1.29 is 13.7 Å². The normalized spacial score (nSPS) is 20.9. The lowest BCUT2D eigenvalue weighted by Gasteiger charge is -2.38. The molecule has 2 atom stereocenters. The van der Waals surface area contributed by atoms with Crippen molar-refractivity contribution in [1.82, 2.24) is 20.4 Å². The van der Waals surface area contributed by atoms with Crippen molar-refractivity contribution in [3.05, 3.63) is 76.5 Å². The van der Waals surface area contributed by atoms with E-state index in [0.29, 0.717) is 34.0 Å². The monoisotopic (exact) mass is 484 g/mol. The minimum atomic E-state index is -0.443. The van der Waals surface area contributed by atoms with Gasteiger partial charge in [0.25, 0.3) is 5.89 Å². The van der Waals surface area contributed by atoms with Crippen molar-refractivity contribution in [2.24, 2.45) is 0 Å². The molecule has 0 aliphatic carbocycles. The molecule has 0 amide bonds. The van der Waals surface area contributed by atoms with Gasteiger partial charge in [0, 0.05) is 22.9 Å². The Kier molecular flexibility index (Phi) is 6.14. The molecule has 0 spiro atoms. The average Bonchev–Trinajstić information content (AvgIpc) is 3.49. The molecule has 0 radical (unpaired) electrons. The van der Waals surface area contributed by atoms with Gasteiger partial charge in [0.2, 0.25) is 5.82 Å². The van der Waals surface area contributed by atoms with Gasteiger partial charge in [-0.3, -0.25) is 0 Å². The van der Waals surface area contributed by atoms with E-state index in [1.54, 1.807) is 18.2 Å². The Hall–Kier alpha value is -2.81. The Bertz CT molecular complexity index is 1220. The zero-order chi connectivity index (χ0) is 22.9. The highest BCUT2D eigenvalue weighted by Gasteiger charge is 2.35. The smallest absolute Gasteiger partial charge is 0.258 e. The van der Waals surface area contributed by atoms with E-state index in [-0.39, 0.29) is 11.9 Å². The van der Waals surface area contributed by atoms with Crippen molar-refractivity contribution in [3.8, 4) is 11.4 Å². The molecule has 2 aliphatic rings. The first-order chi connectivity index (χ1) is 16.0. The number of halogens is 2. The molecule has 2 aromatic carbocycles. The summed E-state index contributed by atoms with van der Waals surface area (Å²) < 4.78 is 25.6. The lowest BCUT2D eigenvalue weighted by molar-refractivity contribution is 0.0962. The molecule has 170 valence electrons. The summed E-state index contributed by atoms with van der Waals surface area (Å²) >= 11 is 11.8. The van der Waals surface area contributed by atoms with Crippen LogP contribution in [0.15, 0.2) is 58.8 Å². The fourth-order valence-corrected chi connectivity index (χ4v) is 4.80. The highest BCUT2D eigenvalue weighted by molar-refractivity contribution is 7.80. The quantitative estimate of drug-likeness (QED) is 0.488. The van der Waals surface area contributed by atoms with Crippen LogP contribution in [0.4, 0.5) is 4.39 Å². The predicted molar refractivity (Wildman–Crippen MR) is 128 cm³/mol. The van der Waals surface area contributed by atoms with Crippen LogP contribution in [-0.2, 0) is 4.74 Å². The summed E-state index contributed by atoms with van der Waals surface area (Å²) in [6.45, 7) is 3.34. The molecule has 1 N–H and O–H groups in total. The first kappa shape index (κ1) is 22.0. The second kappa shape index (κ2) is 9.21. The van der Waals surface area contributed by atoms with Crippen LogP contribution in [0.3, 0.4) is 0 Å². The van der Waals surface area contributed by atoms with Gasteiger partial charge in [-0.25, -0.2) is 4.39 Å². The number of hydrogen-bond donors (Lipinski definition) is 1. The Morgan fingerprint density at radius 2 is 2.09 bits per heavy atom. The SMILES string of the molecule is CC1=C(c2nc(-c3cccc(Cl)c3)no2)C(c2cccc(F)c2)NC(=S)N1CC1CCCO1. The van der Waals surface area contributed by atoms with Crippen molar-refractivity contribution in [2.75, 3.05) is 13.2 Å². The van der Waals surface area contributed by atoms with Gasteiger partial charge in [0.15, 0.2) is 5.11 Å². The number of nitrogens with one attached hydrogen (secondary N) is 1. The maximum atomic E-state index is 14.1. The number of thiocarbonyl (C=S) groups is 1. The van der Waals surface area contributed by atoms with Gasteiger partial charge >= 0.3 is 0 Å². The molecule has 9 heteroatoms. The average molecular weight is 485 g/mol. The van der Waals surface area contributed by atoms with Crippen LogP contribution in [-0.4, -0.2) is 39.4 Å². The van der Waals surface area contributed by atoms with Crippen molar-refractivity contribution >= 4 is 34.5 Å².